The third kappa shape index (κ3) is 2.08. The second-order valence-electron chi connectivity index (χ2n) is 3.34. The number of carbonyl (C=O) groups is 1. The van der Waals surface area contributed by atoms with Crippen molar-refractivity contribution in [2.45, 2.75) is 25.4 Å². The van der Waals surface area contributed by atoms with Crippen molar-refractivity contribution in [3.8, 4) is 0 Å². The molecule has 0 radical (unpaired) electrons. The molecule has 1 atom stereocenters. The highest BCUT2D eigenvalue weighted by Gasteiger charge is 2.27. The Kier molecular flexibility index (Phi) is 2.30. The fraction of sp³-hybridized carbons (Fsp3) is 0.364. The van der Waals surface area contributed by atoms with Crippen LogP contribution in [0.1, 0.15) is 18.4 Å². The molecular weight excluding hydrogens is 164 g/mol. The summed E-state index contributed by atoms with van der Waals surface area (Å²) in [4.78, 5) is 10.5. The summed E-state index contributed by atoms with van der Waals surface area (Å²) in [6, 6.07) is 10.3. The van der Waals surface area contributed by atoms with E-state index < -0.39 is 0 Å². The Morgan fingerprint density at radius 2 is 2.00 bits per heavy atom. The lowest BCUT2D eigenvalue weighted by Gasteiger charge is -2.25. The summed E-state index contributed by atoms with van der Waals surface area (Å²) < 4.78 is 4.92. The molecule has 0 amide bonds. The van der Waals surface area contributed by atoms with Crippen LogP contribution in [0.4, 0.5) is 0 Å². The van der Waals surface area contributed by atoms with Crippen LogP contribution >= 0.6 is 0 Å². The number of aryl methyl sites for hydroxylation is 1. The molecule has 1 aromatic rings. The Morgan fingerprint density at radius 1 is 1.31 bits per heavy atom. The SMILES string of the molecule is O=C1C[C@H](CCc2ccccc2)O1. The van der Waals surface area contributed by atoms with Crippen LogP contribution in [-0.2, 0) is 16.0 Å². The lowest BCUT2D eigenvalue weighted by Crippen LogP contribution is -2.32. The van der Waals surface area contributed by atoms with Crippen LogP contribution in [0.15, 0.2) is 30.3 Å². The van der Waals surface area contributed by atoms with E-state index in [2.05, 4.69) is 12.1 Å². The molecule has 2 heteroatoms. The van der Waals surface area contributed by atoms with Gasteiger partial charge in [-0.3, -0.25) is 4.79 Å². The van der Waals surface area contributed by atoms with Crippen LogP contribution < -0.4 is 0 Å². The molecule has 0 aliphatic carbocycles. The number of rotatable bonds is 3. The van der Waals surface area contributed by atoms with Crippen LogP contribution in [0.25, 0.3) is 0 Å². The summed E-state index contributed by atoms with van der Waals surface area (Å²) in [5.74, 6) is -0.0574. The van der Waals surface area contributed by atoms with Crippen molar-refractivity contribution in [3.63, 3.8) is 0 Å². The van der Waals surface area contributed by atoms with Gasteiger partial charge in [-0.2, -0.15) is 0 Å². The Bertz CT molecular complexity index is 284. The molecular formula is C11H12O2. The van der Waals surface area contributed by atoms with E-state index in [-0.39, 0.29) is 12.1 Å². The van der Waals surface area contributed by atoms with Crippen molar-refractivity contribution < 1.29 is 9.53 Å². The van der Waals surface area contributed by atoms with Crippen LogP contribution in [-0.4, -0.2) is 12.1 Å². The van der Waals surface area contributed by atoms with Crippen LogP contribution in [0.3, 0.4) is 0 Å². The minimum Gasteiger partial charge on any atom is -0.462 e. The maximum atomic E-state index is 10.5. The zero-order valence-corrected chi connectivity index (χ0v) is 7.40. The van der Waals surface area contributed by atoms with E-state index in [1.54, 1.807) is 0 Å². The maximum absolute atomic E-state index is 10.5. The molecule has 0 bridgehead atoms. The van der Waals surface area contributed by atoms with E-state index in [1.807, 2.05) is 18.2 Å². The highest BCUT2D eigenvalue weighted by Crippen LogP contribution is 2.18. The third-order valence-electron chi connectivity index (χ3n) is 2.29. The quantitative estimate of drug-likeness (QED) is 0.658. The average Bonchev–Trinajstić information content (AvgIpc) is 2.12. The predicted octanol–water partition coefficient (Wildman–Crippen LogP) is 1.93. The Balaban J connectivity index is 1.77. The van der Waals surface area contributed by atoms with Crippen molar-refractivity contribution in [1.29, 1.82) is 0 Å². The molecule has 0 unspecified atom stereocenters. The molecule has 0 saturated carbocycles. The highest BCUT2D eigenvalue weighted by molar-refractivity contribution is 5.75. The summed E-state index contributed by atoms with van der Waals surface area (Å²) in [6.45, 7) is 0. The van der Waals surface area contributed by atoms with Gasteiger partial charge in [0.15, 0.2) is 0 Å². The number of hydrogen-bond acceptors (Lipinski definition) is 2. The second kappa shape index (κ2) is 3.60. The predicted molar refractivity (Wildman–Crippen MR) is 49.3 cm³/mol. The summed E-state index contributed by atoms with van der Waals surface area (Å²) >= 11 is 0. The molecule has 68 valence electrons. The standard InChI is InChI=1S/C11H12O2/c12-11-8-10(13-11)7-6-9-4-2-1-3-5-9/h1-5,10H,6-8H2/t10-/m0/s1. The van der Waals surface area contributed by atoms with Gasteiger partial charge in [-0.15, -0.1) is 0 Å². The summed E-state index contributed by atoms with van der Waals surface area (Å²) in [5, 5.41) is 0. The van der Waals surface area contributed by atoms with E-state index in [9.17, 15) is 4.79 Å². The minimum atomic E-state index is -0.0574. The molecule has 1 aliphatic heterocycles. The van der Waals surface area contributed by atoms with Gasteiger partial charge in [-0.25, -0.2) is 0 Å². The largest absolute Gasteiger partial charge is 0.462 e. The van der Waals surface area contributed by atoms with Crippen LogP contribution in [0.2, 0.25) is 0 Å². The maximum Gasteiger partial charge on any atom is 0.309 e. The zero-order valence-electron chi connectivity index (χ0n) is 7.40. The number of cyclic esters (lactones) is 1. The lowest BCUT2D eigenvalue weighted by atomic mass is 10.0. The zero-order chi connectivity index (χ0) is 9.10. The van der Waals surface area contributed by atoms with Gasteiger partial charge in [0.25, 0.3) is 0 Å². The molecule has 0 N–H and O–H groups in total. The van der Waals surface area contributed by atoms with Crippen molar-refractivity contribution in [3.05, 3.63) is 35.9 Å². The van der Waals surface area contributed by atoms with Gasteiger partial charge in [-0.05, 0) is 18.4 Å². The fourth-order valence-electron chi connectivity index (χ4n) is 1.50. The van der Waals surface area contributed by atoms with Gasteiger partial charge in [0.2, 0.25) is 0 Å². The number of esters is 1. The molecule has 13 heavy (non-hydrogen) atoms. The molecule has 0 spiro atoms. The van der Waals surface area contributed by atoms with Gasteiger partial charge in [-0.1, -0.05) is 30.3 Å². The first-order valence-electron chi connectivity index (χ1n) is 4.58. The third-order valence-corrected chi connectivity index (χ3v) is 2.29. The molecule has 1 aliphatic rings. The molecule has 2 rings (SSSR count). The Labute approximate surface area is 77.5 Å². The van der Waals surface area contributed by atoms with Crippen molar-refractivity contribution in [1.82, 2.24) is 0 Å². The first-order valence-corrected chi connectivity index (χ1v) is 4.58. The van der Waals surface area contributed by atoms with Crippen molar-refractivity contribution in [2.24, 2.45) is 0 Å². The van der Waals surface area contributed by atoms with E-state index in [1.165, 1.54) is 5.56 Å². The van der Waals surface area contributed by atoms with E-state index in [0.717, 1.165) is 12.8 Å². The second-order valence-corrected chi connectivity index (χ2v) is 3.34. The van der Waals surface area contributed by atoms with Crippen LogP contribution in [0, 0.1) is 0 Å². The molecule has 1 saturated heterocycles. The number of hydrogen-bond donors (Lipinski definition) is 0. The smallest absolute Gasteiger partial charge is 0.309 e. The lowest BCUT2D eigenvalue weighted by molar-refractivity contribution is -0.169. The number of carbonyl (C=O) groups excluding carboxylic acids is 1. The molecule has 1 heterocycles. The van der Waals surface area contributed by atoms with Gasteiger partial charge in [0.05, 0.1) is 6.42 Å². The molecule has 2 nitrogen and oxygen atoms in total. The highest BCUT2D eigenvalue weighted by atomic mass is 16.6. The van der Waals surface area contributed by atoms with E-state index in [4.69, 9.17) is 4.74 Å². The summed E-state index contributed by atoms with van der Waals surface area (Å²) in [7, 11) is 0. The molecule has 1 fully saturated rings. The van der Waals surface area contributed by atoms with Gasteiger partial charge in [0.1, 0.15) is 6.10 Å². The number of benzene rings is 1. The normalized spacial score (nSPS) is 20.6. The van der Waals surface area contributed by atoms with Crippen molar-refractivity contribution >= 4 is 5.97 Å². The monoisotopic (exact) mass is 176 g/mol. The van der Waals surface area contributed by atoms with Crippen molar-refractivity contribution in [2.75, 3.05) is 0 Å². The minimum absolute atomic E-state index is 0.0574. The van der Waals surface area contributed by atoms with E-state index in [0.29, 0.717) is 6.42 Å². The summed E-state index contributed by atoms with van der Waals surface area (Å²) in [6.07, 6.45) is 2.73. The average molecular weight is 176 g/mol. The Hall–Kier alpha value is -1.31. The number of ether oxygens (including phenoxy) is 1. The Morgan fingerprint density at radius 3 is 2.62 bits per heavy atom. The van der Waals surface area contributed by atoms with Crippen LogP contribution in [0.5, 0.6) is 0 Å². The van der Waals surface area contributed by atoms with Gasteiger partial charge in [0, 0.05) is 0 Å². The summed E-state index contributed by atoms with van der Waals surface area (Å²) in [5.41, 5.74) is 1.31. The fourth-order valence-corrected chi connectivity index (χ4v) is 1.50. The first kappa shape index (κ1) is 8.30. The molecule has 0 aromatic heterocycles. The molecule has 1 aromatic carbocycles. The van der Waals surface area contributed by atoms with Gasteiger partial charge >= 0.3 is 5.97 Å². The topological polar surface area (TPSA) is 26.3 Å². The first-order chi connectivity index (χ1) is 6.34. The van der Waals surface area contributed by atoms with Gasteiger partial charge < -0.3 is 4.74 Å². The van der Waals surface area contributed by atoms with E-state index >= 15 is 0 Å².